The Kier molecular flexibility index (Phi) is 4.68. The zero-order valence-electron chi connectivity index (χ0n) is 14.1. The SMILES string of the molecule is CC[C@H](C)c1ccc(-c2cc(C(=O)Cl)c3cccc(C)c3n2)cc1. The van der Waals surface area contributed by atoms with Crippen molar-refractivity contribution in [3.05, 3.63) is 65.2 Å². The first kappa shape index (κ1) is 16.7. The second-order valence-corrected chi connectivity index (χ2v) is 6.57. The van der Waals surface area contributed by atoms with Crippen LogP contribution in [0.5, 0.6) is 0 Å². The third kappa shape index (κ3) is 3.07. The molecule has 3 rings (SSSR count). The molecule has 0 aliphatic carbocycles. The van der Waals surface area contributed by atoms with Gasteiger partial charge in [-0.1, -0.05) is 56.3 Å². The highest BCUT2D eigenvalue weighted by Crippen LogP contribution is 2.29. The number of carbonyl (C=O) groups excluding carboxylic acids is 1. The van der Waals surface area contributed by atoms with Gasteiger partial charge in [-0.05, 0) is 48.1 Å². The van der Waals surface area contributed by atoms with Gasteiger partial charge in [0.15, 0.2) is 0 Å². The minimum atomic E-state index is -0.453. The summed E-state index contributed by atoms with van der Waals surface area (Å²) in [6, 6.07) is 16.0. The second kappa shape index (κ2) is 6.74. The highest BCUT2D eigenvalue weighted by Gasteiger charge is 2.13. The number of nitrogens with zero attached hydrogens (tertiary/aromatic N) is 1. The number of hydrogen-bond acceptors (Lipinski definition) is 2. The fourth-order valence-corrected chi connectivity index (χ4v) is 3.08. The van der Waals surface area contributed by atoms with Crippen molar-refractivity contribution in [1.82, 2.24) is 4.98 Å². The molecule has 0 bridgehead atoms. The van der Waals surface area contributed by atoms with E-state index >= 15 is 0 Å². The first-order valence-corrected chi connectivity index (χ1v) is 8.59. The van der Waals surface area contributed by atoms with Crippen LogP contribution in [-0.4, -0.2) is 10.2 Å². The van der Waals surface area contributed by atoms with Crippen LogP contribution in [0, 0.1) is 6.92 Å². The van der Waals surface area contributed by atoms with Crippen LogP contribution < -0.4 is 0 Å². The second-order valence-electron chi connectivity index (χ2n) is 6.23. The molecule has 0 spiro atoms. The summed E-state index contributed by atoms with van der Waals surface area (Å²) in [7, 11) is 0. The van der Waals surface area contributed by atoms with E-state index in [1.54, 1.807) is 6.07 Å². The van der Waals surface area contributed by atoms with Crippen LogP contribution in [0.15, 0.2) is 48.5 Å². The van der Waals surface area contributed by atoms with Crippen LogP contribution in [0.25, 0.3) is 22.2 Å². The molecule has 0 fully saturated rings. The van der Waals surface area contributed by atoms with Crippen LogP contribution in [0.1, 0.15) is 47.7 Å². The maximum absolute atomic E-state index is 11.9. The van der Waals surface area contributed by atoms with Gasteiger partial charge in [-0.2, -0.15) is 0 Å². The number of aromatic nitrogens is 1. The molecule has 0 unspecified atom stereocenters. The fourth-order valence-electron chi connectivity index (χ4n) is 2.92. The predicted octanol–water partition coefficient (Wildman–Crippen LogP) is 6.10. The van der Waals surface area contributed by atoms with Crippen LogP contribution in [-0.2, 0) is 0 Å². The zero-order chi connectivity index (χ0) is 17.3. The van der Waals surface area contributed by atoms with Crippen LogP contribution >= 0.6 is 11.6 Å². The van der Waals surface area contributed by atoms with E-state index in [0.29, 0.717) is 11.5 Å². The molecule has 122 valence electrons. The molecule has 3 aromatic rings. The molecule has 0 amide bonds. The largest absolute Gasteiger partial charge is 0.276 e. The Hall–Kier alpha value is -2.19. The normalized spacial score (nSPS) is 12.3. The van der Waals surface area contributed by atoms with Gasteiger partial charge in [0.05, 0.1) is 11.2 Å². The molecule has 0 N–H and O–H groups in total. The highest BCUT2D eigenvalue weighted by atomic mass is 35.5. The summed E-state index contributed by atoms with van der Waals surface area (Å²) < 4.78 is 0. The average Bonchev–Trinajstić information content (AvgIpc) is 2.60. The summed E-state index contributed by atoms with van der Waals surface area (Å²) in [5.74, 6) is 0.533. The number of hydrogen-bond donors (Lipinski definition) is 0. The molecule has 3 heteroatoms. The van der Waals surface area contributed by atoms with Gasteiger partial charge in [-0.15, -0.1) is 0 Å². The standard InChI is InChI=1S/C21H20ClNO/c1-4-13(2)15-8-10-16(11-9-15)19-12-18(21(22)24)17-7-5-6-14(3)20(17)23-19/h5-13H,4H2,1-3H3/t13-/m0/s1. The van der Waals surface area contributed by atoms with Crippen molar-refractivity contribution >= 4 is 27.7 Å². The van der Waals surface area contributed by atoms with Gasteiger partial charge in [0.1, 0.15) is 0 Å². The lowest BCUT2D eigenvalue weighted by molar-refractivity contribution is 0.108. The Labute approximate surface area is 147 Å². The number of halogens is 1. The first-order chi connectivity index (χ1) is 11.5. The molecule has 24 heavy (non-hydrogen) atoms. The first-order valence-electron chi connectivity index (χ1n) is 8.21. The Morgan fingerprint density at radius 1 is 1.17 bits per heavy atom. The molecule has 1 atom stereocenters. The van der Waals surface area contributed by atoms with Crippen molar-refractivity contribution in [2.24, 2.45) is 0 Å². The molecule has 0 saturated carbocycles. The summed E-state index contributed by atoms with van der Waals surface area (Å²) >= 11 is 5.81. The van der Waals surface area contributed by atoms with Gasteiger partial charge in [-0.25, -0.2) is 4.98 Å². The molecule has 2 aromatic carbocycles. The van der Waals surface area contributed by atoms with Gasteiger partial charge in [-0.3, -0.25) is 4.79 Å². The smallest absolute Gasteiger partial charge is 0.253 e. The molecule has 1 aromatic heterocycles. The Bertz CT molecular complexity index is 900. The lowest BCUT2D eigenvalue weighted by Gasteiger charge is -2.11. The molecule has 0 aliphatic heterocycles. The fraction of sp³-hybridized carbons (Fsp3) is 0.238. The van der Waals surface area contributed by atoms with E-state index in [4.69, 9.17) is 16.6 Å². The van der Waals surface area contributed by atoms with Crippen LogP contribution in [0.3, 0.4) is 0 Å². The predicted molar refractivity (Wildman–Crippen MR) is 101 cm³/mol. The molecular weight excluding hydrogens is 318 g/mol. The lowest BCUT2D eigenvalue weighted by atomic mass is 9.96. The van der Waals surface area contributed by atoms with E-state index in [1.165, 1.54) is 5.56 Å². The van der Waals surface area contributed by atoms with E-state index < -0.39 is 5.24 Å². The summed E-state index contributed by atoms with van der Waals surface area (Å²) in [5, 5.41) is 0.348. The Morgan fingerprint density at radius 2 is 1.88 bits per heavy atom. The maximum Gasteiger partial charge on any atom is 0.253 e. The Morgan fingerprint density at radius 3 is 2.50 bits per heavy atom. The zero-order valence-corrected chi connectivity index (χ0v) is 14.9. The van der Waals surface area contributed by atoms with Crippen molar-refractivity contribution in [2.45, 2.75) is 33.1 Å². The van der Waals surface area contributed by atoms with Gasteiger partial charge in [0, 0.05) is 16.5 Å². The summed E-state index contributed by atoms with van der Waals surface area (Å²) in [6.45, 7) is 6.40. The van der Waals surface area contributed by atoms with E-state index in [0.717, 1.165) is 34.1 Å². The molecule has 0 aliphatic rings. The number of para-hydroxylation sites is 1. The van der Waals surface area contributed by atoms with E-state index in [1.807, 2.05) is 25.1 Å². The lowest BCUT2D eigenvalue weighted by Crippen LogP contribution is -1.97. The average molecular weight is 338 g/mol. The number of carbonyl (C=O) groups is 1. The van der Waals surface area contributed by atoms with Gasteiger partial charge in [0.25, 0.3) is 5.24 Å². The van der Waals surface area contributed by atoms with E-state index in [2.05, 4.69) is 38.1 Å². The van der Waals surface area contributed by atoms with Crippen LogP contribution in [0.4, 0.5) is 0 Å². The monoisotopic (exact) mass is 337 g/mol. The van der Waals surface area contributed by atoms with Gasteiger partial charge < -0.3 is 0 Å². The quantitative estimate of drug-likeness (QED) is 0.538. The summed E-state index contributed by atoms with van der Waals surface area (Å²) in [5.41, 5.74) is 5.44. The molecule has 0 saturated heterocycles. The van der Waals surface area contributed by atoms with E-state index in [9.17, 15) is 4.79 Å². The molecular formula is C21H20ClNO. The summed E-state index contributed by atoms with van der Waals surface area (Å²) in [6.07, 6.45) is 1.11. The maximum atomic E-state index is 11.9. The number of benzene rings is 2. The minimum Gasteiger partial charge on any atom is -0.276 e. The highest BCUT2D eigenvalue weighted by molar-refractivity contribution is 6.68. The molecule has 0 radical (unpaired) electrons. The van der Waals surface area contributed by atoms with Gasteiger partial charge >= 0.3 is 0 Å². The summed E-state index contributed by atoms with van der Waals surface area (Å²) in [4.78, 5) is 16.6. The van der Waals surface area contributed by atoms with Crippen molar-refractivity contribution in [3.63, 3.8) is 0 Å². The number of fused-ring (bicyclic) bond motifs is 1. The van der Waals surface area contributed by atoms with Crippen molar-refractivity contribution in [3.8, 4) is 11.3 Å². The number of pyridine rings is 1. The van der Waals surface area contributed by atoms with Crippen molar-refractivity contribution in [1.29, 1.82) is 0 Å². The van der Waals surface area contributed by atoms with Crippen LogP contribution in [0.2, 0.25) is 0 Å². The van der Waals surface area contributed by atoms with Crippen molar-refractivity contribution in [2.75, 3.05) is 0 Å². The number of aryl methyl sites for hydroxylation is 1. The topological polar surface area (TPSA) is 30.0 Å². The van der Waals surface area contributed by atoms with E-state index in [-0.39, 0.29) is 0 Å². The Balaban J connectivity index is 2.16. The number of rotatable bonds is 4. The molecule has 1 heterocycles. The van der Waals surface area contributed by atoms with Gasteiger partial charge in [0.2, 0.25) is 0 Å². The van der Waals surface area contributed by atoms with Crippen molar-refractivity contribution < 1.29 is 4.79 Å². The molecule has 2 nitrogen and oxygen atoms in total. The minimum absolute atomic E-state index is 0.453. The third-order valence-corrected chi connectivity index (χ3v) is 4.84. The third-order valence-electron chi connectivity index (χ3n) is 4.64.